The normalized spacial score (nSPS) is 21.6. The zero-order valence-electron chi connectivity index (χ0n) is 29.3. The highest BCUT2D eigenvalue weighted by molar-refractivity contribution is 8.15. The molecule has 3 rings (SSSR count). The molecular formula is C25H40N7O19P3S2. The third-order valence-corrected chi connectivity index (χ3v) is 12.3. The summed E-state index contributed by atoms with van der Waals surface area (Å²) in [6.07, 6.45) is -7.07. The van der Waals surface area contributed by atoms with Crippen LogP contribution in [0.2, 0.25) is 0 Å². The summed E-state index contributed by atoms with van der Waals surface area (Å²) in [5.41, 5.74) is 4.20. The third kappa shape index (κ3) is 15.0. The molecule has 1 saturated heterocycles. The predicted octanol–water partition coefficient (Wildman–Crippen LogP) is -1.52. The van der Waals surface area contributed by atoms with Crippen LogP contribution in [0.15, 0.2) is 12.7 Å². The first-order valence-electron chi connectivity index (χ1n) is 15.8. The van der Waals surface area contributed by atoms with Gasteiger partial charge in [-0.3, -0.25) is 37.3 Å². The average molecular weight is 900 g/mol. The summed E-state index contributed by atoms with van der Waals surface area (Å²) in [6, 6.07) is 0. The summed E-state index contributed by atoms with van der Waals surface area (Å²) in [6.45, 7) is 0.255. The zero-order chi connectivity index (χ0) is 42.1. The number of imidazole rings is 1. The van der Waals surface area contributed by atoms with Crippen molar-refractivity contribution >= 4 is 86.9 Å². The lowest BCUT2D eigenvalue weighted by atomic mass is 9.87. The van der Waals surface area contributed by atoms with E-state index in [1.807, 2.05) is 0 Å². The van der Waals surface area contributed by atoms with Crippen molar-refractivity contribution < 1.29 is 90.4 Å². The van der Waals surface area contributed by atoms with E-state index in [1.54, 1.807) is 0 Å². The molecule has 0 saturated carbocycles. The van der Waals surface area contributed by atoms with Gasteiger partial charge in [-0.25, -0.2) is 28.6 Å². The van der Waals surface area contributed by atoms with Crippen molar-refractivity contribution in [3.8, 4) is 0 Å². The Morgan fingerprint density at radius 3 is 2.38 bits per heavy atom. The molecule has 2 amide bonds. The summed E-state index contributed by atoms with van der Waals surface area (Å²) in [5.74, 6) is -2.62. The molecule has 26 nitrogen and oxygen atoms in total. The smallest absolute Gasteiger partial charge is 0.481 e. The lowest BCUT2D eigenvalue weighted by molar-refractivity contribution is -0.137. The van der Waals surface area contributed by atoms with Crippen LogP contribution in [0.25, 0.3) is 11.2 Å². The van der Waals surface area contributed by atoms with Crippen LogP contribution in [0.4, 0.5) is 5.82 Å². The summed E-state index contributed by atoms with van der Waals surface area (Å²) in [4.78, 5) is 97.5. The van der Waals surface area contributed by atoms with Gasteiger partial charge in [-0.1, -0.05) is 25.6 Å². The van der Waals surface area contributed by atoms with E-state index in [-0.39, 0.29) is 58.9 Å². The number of thioether (sulfide) groups is 2. The van der Waals surface area contributed by atoms with Crippen molar-refractivity contribution in [2.75, 3.05) is 49.3 Å². The van der Waals surface area contributed by atoms with E-state index < -0.39 is 90.5 Å². The second-order valence-corrected chi connectivity index (χ2v) is 18.5. The number of carbonyl (C=O) groups is 4. The van der Waals surface area contributed by atoms with Crippen LogP contribution >= 0.6 is 47.0 Å². The number of phosphoric acid groups is 3. The van der Waals surface area contributed by atoms with Gasteiger partial charge < -0.3 is 56.0 Å². The molecule has 11 N–H and O–H groups in total. The standard InChI is InChI=1S/C25H40N7O19P3S2/c1-25(2,20(38)23(39)28-4-3-14(33)27-5-6-56-16(36)9-55-8-15(34)35)10-48-54(45,46)51-53(43,44)47-7-13-19(50-52(40,41)42)18(37)24(49-13)32-12-31-17-21(26)29-11-30-22(17)32/h11-13,18-20,24,37-38H,3-10H2,1-2H3,(H,27,33)(H,28,39)(H,34,35)(H,43,44)(H,45,46)(H2,26,29,30)(H2,40,41,42). The number of nitrogens with two attached hydrogens (primary N) is 1. The first kappa shape index (κ1) is 47.8. The molecule has 2 aromatic rings. The molecule has 0 radical (unpaired) electrons. The minimum Gasteiger partial charge on any atom is -0.481 e. The fourth-order valence-corrected chi connectivity index (χ4v) is 8.85. The lowest BCUT2D eigenvalue weighted by Gasteiger charge is -2.30. The number of anilines is 1. The summed E-state index contributed by atoms with van der Waals surface area (Å²) >= 11 is 1.85. The lowest BCUT2D eigenvalue weighted by Crippen LogP contribution is -2.46. The number of rotatable bonds is 23. The number of aliphatic hydroxyl groups is 2. The van der Waals surface area contributed by atoms with Gasteiger partial charge in [0.05, 0.1) is 31.0 Å². The fourth-order valence-electron chi connectivity index (χ4n) is 4.56. The third-order valence-electron chi connectivity index (χ3n) is 7.21. The van der Waals surface area contributed by atoms with Crippen LogP contribution in [-0.4, -0.2) is 145 Å². The van der Waals surface area contributed by atoms with Crippen LogP contribution in [-0.2, 0) is 55.5 Å². The summed E-state index contributed by atoms with van der Waals surface area (Å²) in [7, 11) is -16.4. The second kappa shape index (κ2) is 20.4. The fraction of sp³-hybridized carbons (Fsp3) is 0.640. The van der Waals surface area contributed by atoms with E-state index in [0.717, 1.165) is 40.7 Å². The van der Waals surface area contributed by atoms with Gasteiger partial charge in [-0.2, -0.15) is 4.31 Å². The van der Waals surface area contributed by atoms with Gasteiger partial charge in [0, 0.05) is 30.7 Å². The first-order chi connectivity index (χ1) is 25.9. The van der Waals surface area contributed by atoms with E-state index in [9.17, 15) is 62.7 Å². The molecule has 31 heteroatoms. The molecule has 1 fully saturated rings. The van der Waals surface area contributed by atoms with E-state index in [1.165, 1.54) is 13.8 Å². The number of carboxylic acids is 1. The molecule has 0 bridgehead atoms. The van der Waals surface area contributed by atoms with Crippen molar-refractivity contribution in [2.24, 2.45) is 5.41 Å². The van der Waals surface area contributed by atoms with Gasteiger partial charge in [-0.05, 0) is 0 Å². The van der Waals surface area contributed by atoms with E-state index in [4.69, 9.17) is 24.6 Å². The quantitative estimate of drug-likeness (QED) is 0.0447. The monoisotopic (exact) mass is 899 g/mol. The second-order valence-electron chi connectivity index (χ2n) is 12.2. The topological polar surface area (TPSA) is 401 Å². The number of carbonyl (C=O) groups excluding carboxylic acids is 3. The maximum Gasteiger partial charge on any atom is 0.481 e. The van der Waals surface area contributed by atoms with Gasteiger partial charge in [-0.15, -0.1) is 11.8 Å². The molecule has 0 aromatic carbocycles. The number of nitrogens with zero attached hydrogens (tertiary/aromatic N) is 4. The molecule has 7 unspecified atom stereocenters. The molecular weight excluding hydrogens is 859 g/mol. The Morgan fingerprint density at radius 2 is 1.71 bits per heavy atom. The van der Waals surface area contributed by atoms with Gasteiger partial charge in [0.25, 0.3) is 0 Å². The number of phosphoric ester groups is 3. The van der Waals surface area contributed by atoms with Gasteiger partial charge in [0.2, 0.25) is 11.8 Å². The molecule has 0 aliphatic carbocycles. The number of nitrogens with one attached hydrogen (secondary N) is 2. The van der Waals surface area contributed by atoms with Crippen molar-refractivity contribution in [3.63, 3.8) is 0 Å². The molecule has 1 aliphatic rings. The van der Waals surface area contributed by atoms with Crippen LogP contribution in [0.5, 0.6) is 0 Å². The van der Waals surface area contributed by atoms with Crippen LogP contribution in [0, 0.1) is 5.41 Å². The largest absolute Gasteiger partial charge is 0.481 e. The highest BCUT2D eigenvalue weighted by Gasteiger charge is 2.50. The Hall–Kier alpha value is -2.62. The minimum absolute atomic E-state index is 0.00715. The number of amides is 2. The van der Waals surface area contributed by atoms with Gasteiger partial charge in [0.1, 0.15) is 36.3 Å². The SMILES string of the molecule is CC(C)(COP(=O)(O)OP(=O)(O)OCC1OC(n2cnc3c(N)ncnc32)C(O)C1OP(=O)(O)O)C(O)C(=O)NCCC(=O)NCCSC(=O)CSCC(=O)O. The molecule has 56 heavy (non-hydrogen) atoms. The number of nitrogen functional groups attached to an aromatic ring is 1. The number of aromatic nitrogens is 4. The Bertz CT molecular complexity index is 1870. The number of aliphatic carboxylic acids is 1. The highest BCUT2D eigenvalue weighted by Crippen LogP contribution is 2.61. The zero-order valence-corrected chi connectivity index (χ0v) is 33.6. The first-order valence-corrected chi connectivity index (χ1v) is 22.4. The predicted molar refractivity (Wildman–Crippen MR) is 192 cm³/mol. The molecule has 3 heterocycles. The number of hydrogen-bond donors (Lipinski definition) is 10. The summed E-state index contributed by atoms with van der Waals surface area (Å²) < 4.78 is 61.9. The number of fused-ring (bicyclic) bond motifs is 1. The maximum absolute atomic E-state index is 12.7. The summed E-state index contributed by atoms with van der Waals surface area (Å²) in [5, 5.41) is 34.5. The Morgan fingerprint density at radius 1 is 1.04 bits per heavy atom. The molecule has 1 aliphatic heterocycles. The van der Waals surface area contributed by atoms with Crippen LogP contribution < -0.4 is 16.4 Å². The Labute approximate surface area is 325 Å². The highest BCUT2D eigenvalue weighted by atomic mass is 32.2. The number of aliphatic hydroxyl groups excluding tert-OH is 2. The average Bonchev–Trinajstić information content (AvgIpc) is 3.64. The van der Waals surface area contributed by atoms with Gasteiger partial charge >= 0.3 is 29.4 Å². The Kier molecular flexibility index (Phi) is 17.4. The van der Waals surface area contributed by atoms with Crippen LogP contribution in [0.3, 0.4) is 0 Å². The van der Waals surface area contributed by atoms with Gasteiger partial charge in [0.15, 0.2) is 22.8 Å². The number of hydrogen-bond acceptors (Lipinski definition) is 20. The maximum atomic E-state index is 12.7. The van der Waals surface area contributed by atoms with Crippen molar-refractivity contribution in [3.05, 3.63) is 12.7 Å². The molecule has 7 atom stereocenters. The van der Waals surface area contributed by atoms with Crippen molar-refractivity contribution in [1.82, 2.24) is 30.2 Å². The number of ether oxygens (including phenoxy) is 1. The van der Waals surface area contributed by atoms with E-state index >= 15 is 0 Å². The van der Waals surface area contributed by atoms with E-state index in [0.29, 0.717) is 0 Å². The molecule has 316 valence electrons. The number of carboxylic acid groups (broad SMARTS) is 1. The van der Waals surface area contributed by atoms with E-state index in [2.05, 4.69) is 34.4 Å². The molecule has 2 aromatic heterocycles. The minimum atomic E-state index is -5.59. The van der Waals surface area contributed by atoms with Crippen molar-refractivity contribution in [1.29, 1.82) is 0 Å². The van der Waals surface area contributed by atoms with Crippen molar-refractivity contribution in [2.45, 2.75) is 50.9 Å². The Balaban J connectivity index is 1.47. The molecule has 0 spiro atoms. The van der Waals surface area contributed by atoms with Crippen LogP contribution in [0.1, 0.15) is 26.5 Å².